The number of carboxylic acid groups (broad SMARTS) is 1. The van der Waals surface area contributed by atoms with Crippen LogP contribution >= 0.6 is 0 Å². The molecule has 20 heavy (non-hydrogen) atoms. The molecule has 2 aliphatic rings. The lowest BCUT2D eigenvalue weighted by Crippen LogP contribution is -2.16. The van der Waals surface area contributed by atoms with Crippen molar-refractivity contribution in [1.82, 2.24) is 0 Å². The lowest BCUT2D eigenvalue weighted by atomic mass is 10.1. The summed E-state index contributed by atoms with van der Waals surface area (Å²) in [6.45, 7) is 0. The maximum absolute atomic E-state index is 12.1. The third kappa shape index (κ3) is 2.48. The maximum Gasteiger partial charge on any atom is 0.335 e. The van der Waals surface area contributed by atoms with Gasteiger partial charge in [0.2, 0.25) is 5.91 Å². The minimum absolute atomic E-state index is 0.0169. The summed E-state index contributed by atoms with van der Waals surface area (Å²) in [5.74, 6) is 0.801. The van der Waals surface area contributed by atoms with E-state index >= 15 is 0 Å². The van der Waals surface area contributed by atoms with Crippen LogP contribution in [0.15, 0.2) is 18.2 Å². The molecule has 2 unspecified atom stereocenters. The van der Waals surface area contributed by atoms with Crippen LogP contribution in [-0.4, -0.2) is 24.1 Å². The number of nitrogens with one attached hydrogen (secondary N) is 1. The molecule has 5 heteroatoms. The van der Waals surface area contributed by atoms with E-state index in [1.807, 2.05) is 0 Å². The zero-order valence-corrected chi connectivity index (χ0v) is 11.3. The smallest absolute Gasteiger partial charge is 0.335 e. The van der Waals surface area contributed by atoms with Gasteiger partial charge in [-0.3, -0.25) is 4.79 Å². The fraction of sp³-hybridized carbons (Fsp3) is 0.467. The molecule has 0 radical (unpaired) electrons. The zero-order chi connectivity index (χ0) is 14.3. The SMILES string of the molecule is COc1cc(C(=O)O)ccc1NC(=O)C1CC1C1CC1. The first kappa shape index (κ1) is 13.0. The molecule has 0 heterocycles. The van der Waals surface area contributed by atoms with Gasteiger partial charge in [0.1, 0.15) is 5.75 Å². The number of rotatable bonds is 5. The van der Waals surface area contributed by atoms with Crippen LogP contribution in [0.2, 0.25) is 0 Å². The van der Waals surface area contributed by atoms with Crippen molar-refractivity contribution in [3.8, 4) is 5.75 Å². The second kappa shape index (κ2) is 4.81. The fourth-order valence-corrected chi connectivity index (χ4v) is 2.71. The van der Waals surface area contributed by atoms with Gasteiger partial charge in [0.05, 0.1) is 18.4 Å². The lowest BCUT2D eigenvalue weighted by molar-refractivity contribution is -0.117. The Hall–Kier alpha value is -2.04. The van der Waals surface area contributed by atoms with E-state index in [0.29, 0.717) is 17.4 Å². The molecule has 5 nitrogen and oxygen atoms in total. The van der Waals surface area contributed by atoms with Crippen LogP contribution in [0.5, 0.6) is 5.75 Å². The Kier molecular flexibility index (Phi) is 3.12. The van der Waals surface area contributed by atoms with Crippen molar-refractivity contribution in [3.63, 3.8) is 0 Å². The van der Waals surface area contributed by atoms with Gasteiger partial charge >= 0.3 is 5.97 Å². The van der Waals surface area contributed by atoms with E-state index in [2.05, 4.69) is 5.32 Å². The van der Waals surface area contributed by atoms with Crippen molar-refractivity contribution >= 4 is 17.6 Å². The van der Waals surface area contributed by atoms with E-state index < -0.39 is 5.97 Å². The predicted molar refractivity (Wildman–Crippen MR) is 72.9 cm³/mol. The molecule has 0 aromatic heterocycles. The summed E-state index contributed by atoms with van der Waals surface area (Å²) in [7, 11) is 1.46. The van der Waals surface area contributed by atoms with E-state index in [1.165, 1.54) is 32.1 Å². The monoisotopic (exact) mass is 275 g/mol. The van der Waals surface area contributed by atoms with Gasteiger partial charge in [-0.25, -0.2) is 4.79 Å². The Balaban J connectivity index is 1.70. The van der Waals surface area contributed by atoms with Crippen molar-refractivity contribution in [2.24, 2.45) is 17.8 Å². The first-order chi connectivity index (χ1) is 9.60. The van der Waals surface area contributed by atoms with Crippen molar-refractivity contribution < 1.29 is 19.4 Å². The Morgan fingerprint density at radius 1 is 1.35 bits per heavy atom. The number of hydrogen-bond acceptors (Lipinski definition) is 3. The molecule has 1 amide bonds. The predicted octanol–water partition coefficient (Wildman–Crippen LogP) is 2.38. The Morgan fingerprint density at radius 2 is 2.10 bits per heavy atom. The number of benzene rings is 1. The normalized spacial score (nSPS) is 24.1. The molecule has 0 aliphatic heterocycles. The summed E-state index contributed by atoms with van der Waals surface area (Å²) in [5.41, 5.74) is 0.672. The summed E-state index contributed by atoms with van der Waals surface area (Å²) in [6, 6.07) is 4.46. The topological polar surface area (TPSA) is 75.6 Å². The maximum atomic E-state index is 12.1. The summed E-state index contributed by atoms with van der Waals surface area (Å²) < 4.78 is 5.15. The van der Waals surface area contributed by atoms with Crippen LogP contribution in [0, 0.1) is 17.8 Å². The molecule has 0 spiro atoms. The molecule has 2 atom stereocenters. The molecule has 106 valence electrons. The second-order valence-electron chi connectivity index (χ2n) is 5.55. The minimum atomic E-state index is -1.02. The van der Waals surface area contributed by atoms with Gasteiger partial charge in [0.25, 0.3) is 0 Å². The lowest BCUT2D eigenvalue weighted by Gasteiger charge is -2.10. The van der Waals surface area contributed by atoms with Gasteiger partial charge in [-0.15, -0.1) is 0 Å². The van der Waals surface area contributed by atoms with Crippen molar-refractivity contribution in [2.45, 2.75) is 19.3 Å². The number of carbonyl (C=O) groups excluding carboxylic acids is 1. The highest BCUT2D eigenvalue weighted by Gasteiger charge is 2.51. The van der Waals surface area contributed by atoms with E-state index in [4.69, 9.17) is 9.84 Å². The summed E-state index contributed by atoms with van der Waals surface area (Å²) in [6.07, 6.45) is 3.49. The average Bonchev–Trinajstić information content (AvgIpc) is 3.28. The second-order valence-corrected chi connectivity index (χ2v) is 5.55. The van der Waals surface area contributed by atoms with E-state index in [0.717, 1.165) is 12.3 Å². The number of anilines is 1. The van der Waals surface area contributed by atoms with Gasteiger partial charge in [-0.05, 0) is 49.3 Å². The zero-order valence-electron chi connectivity index (χ0n) is 11.3. The van der Waals surface area contributed by atoms with Crippen LogP contribution in [-0.2, 0) is 4.79 Å². The average molecular weight is 275 g/mol. The Bertz CT molecular complexity index is 565. The first-order valence-electron chi connectivity index (χ1n) is 6.82. The molecule has 2 saturated carbocycles. The molecular weight excluding hydrogens is 258 g/mol. The number of amides is 1. The van der Waals surface area contributed by atoms with Crippen LogP contribution in [0.25, 0.3) is 0 Å². The highest BCUT2D eigenvalue weighted by atomic mass is 16.5. The highest BCUT2D eigenvalue weighted by molar-refractivity contribution is 5.97. The van der Waals surface area contributed by atoms with Crippen molar-refractivity contribution in [1.29, 1.82) is 0 Å². The third-order valence-electron chi connectivity index (χ3n) is 4.11. The number of methoxy groups -OCH3 is 1. The number of carboxylic acids is 1. The van der Waals surface area contributed by atoms with Gasteiger partial charge in [-0.2, -0.15) is 0 Å². The van der Waals surface area contributed by atoms with Gasteiger partial charge < -0.3 is 15.2 Å². The number of hydrogen-bond donors (Lipinski definition) is 2. The minimum Gasteiger partial charge on any atom is -0.495 e. The fourth-order valence-electron chi connectivity index (χ4n) is 2.71. The third-order valence-corrected chi connectivity index (χ3v) is 4.11. The molecule has 0 bridgehead atoms. The number of aromatic carboxylic acids is 1. The standard InChI is InChI=1S/C15H17NO4/c1-20-13-6-9(15(18)19)4-5-12(13)16-14(17)11-7-10(11)8-2-3-8/h4-6,8,10-11H,2-3,7H2,1H3,(H,16,17)(H,18,19). The number of ether oxygens (including phenoxy) is 1. The summed E-state index contributed by atoms with van der Waals surface area (Å²) in [4.78, 5) is 23.0. The van der Waals surface area contributed by atoms with Crippen molar-refractivity contribution in [3.05, 3.63) is 23.8 Å². The Labute approximate surface area is 116 Å². The molecule has 2 aliphatic carbocycles. The first-order valence-corrected chi connectivity index (χ1v) is 6.82. The molecule has 2 fully saturated rings. The van der Waals surface area contributed by atoms with Crippen LogP contribution in [0.4, 0.5) is 5.69 Å². The van der Waals surface area contributed by atoms with E-state index in [1.54, 1.807) is 6.07 Å². The van der Waals surface area contributed by atoms with Crippen LogP contribution in [0.1, 0.15) is 29.6 Å². The van der Waals surface area contributed by atoms with Crippen LogP contribution in [0.3, 0.4) is 0 Å². The molecule has 3 rings (SSSR count). The highest BCUT2D eigenvalue weighted by Crippen LogP contribution is 2.54. The van der Waals surface area contributed by atoms with Gasteiger partial charge in [-0.1, -0.05) is 0 Å². The molecule has 2 N–H and O–H groups in total. The van der Waals surface area contributed by atoms with E-state index in [-0.39, 0.29) is 17.4 Å². The Morgan fingerprint density at radius 3 is 2.70 bits per heavy atom. The molecule has 0 saturated heterocycles. The van der Waals surface area contributed by atoms with Crippen molar-refractivity contribution in [2.75, 3.05) is 12.4 Å². The molecule has 1 aromatic carbocycles. The van der Waals surface area contributed by atoms with Crippen LogP contribution < -0.4 is 10.1 Å². The largest absolute Gasteiger partial charge is 0.495 e. The summed E-state index contributed by atoms with van der Waals surface area (Å²) >= 11 is 0. The summed E-state index contributed by atoms with van der Waals surface area (Å²) in [5, 5.41) is 11.8. The molecular formula is C15H17NO4. The number of carbonyl (C=O) groups is 2. The molecule has 1 aromatic rings. The van der Waals surface area contributed by atoms with Gasteiger partial charge in [0, 0.05) is 5.92 Å². The quantitative estimate of drug-likeness (QED) is 0.865. The van der Waals surface area contributed by atoms with Gasteiger partial charge in [0.15, 0.2) is 0 Å². The van der Waals surface area contributed by atoms with E-state index in [9.17, 15) is 9.59 Å².